The summed E-state index contributed by atoms with van der Waals surface area (Å²) in [5.41, 5.74) is 1.15. The Morgan fingerprint density at radius 1 is 1.00 bits per heavy atom. The quantitative estimate of drug-likeness (QED) is 0.340. The first-order valence-electron chi connectivity index (χ1n) is 9.18. The molecule has 0 saturated carbocycles. The summed E-state index contributed by atoms with van der Waals surface area (Å²) >= 11 is 12.3. The van der Waals surface area contributed by atoms with Crippen LogP contribution in [0.4, 0.5) is 0 Å². The number of fused-ring (bicyclic) bond motifs is 3. The molecule has 28 heavy (non-hydrogen) atoms. The van der Waals surface area contributed by atoms with Crippen molar-refractivity contribution in [2.45, 2.75) is 31.8 Å². The zero-order valence-corrected chi connectivity index (χ0v) is 17.1. The molecule has 5 N–H and O–H groups in total. The van der Waals surface area contributed by atoms with E-state index in [4.69, 9.17) is 23.2 Å². The second-order valence-corrected chi connectivity index (χ2v) is 7.83. The molecular formula is C20H25Cl2N3O3. The van der Waals surface area contributed by atoms with Crippen molar-refractivity contribution in [2.24, 2.45) is 0 Å². The van der Waals surface area contributed by atoms with Crippen LogP contribution in [0.1, 0.15) is 13.3 Å². The van der Waals surface area contributed by atoms with Gasteiger partial charge in [-0.15, -0.1) is 0 Å². The lowest BCUT2D eigenvalue weighted by Crippen LogP contribution is -2.55. The summed E-state index contributed by atoms with van der Waals surface area (Å²) in [5, 5.41) is 38.7. The molecular weight excluding hydrogens is 401 g/mol. The predicted molar refractivity (Wildman–Crippen MR) is 114 cm³/mol. The Labute approximate surface area is 173 Å². The largest absolute Gasteiger partial charge is 0.394 e. The van der Waals surface area contributed by atoms with E-state index in [-0.39, 0.29) is 19.8 Å². The number of β-amino-alcohol motifs (C(OH)–C–C–N with tert-alkyl or cyclic N) is 1. The number of hydrogen-bond donors (Lipinski definition) is 5. The Kier molecular flexibility index (Phi) is 6.83. The van der Waals surface area contributed by atoms with Crippen LogP contribution >= 0.6 is 23.2 Å². The molecule has 0 aliphatic carbocycles. The monoisotopic (exact) mass is 425 g/mol. The lowest BCUT2D eigenvalue weighted by Gasteiger charge is -2.31. The van der Waals surface area contributed by atoms with Gasteiger partial charge in [0.1, 0.15) is 6.23 Å². The Morgan fingerprint density at radius 3 is 2.00 bits per heavy atom. The van der Waals surface area contributed by atoms with E-state index in [1.807, 2.05) is 47.9 Å². The van der Waals surface area contributed by atoms with E-state index in [9.17, 15) is 15.3 Å². The molecule has 6 nitrogen and oxygen atoms in total. The van der Waals surface area contributed by atoms with Crippen LogP contribution in [-0.2, 0) is 6.67 Å². The molecule has 0 fully saturated rings. The fraction of sp³-hybridized carbons (Fsp3) is 0.400. The van der Waals surface area contributed by atoms with Crippen LogP contribution in [0, 0.1) is 0 Å². The Bertz CT molecular complexity index is 889. The number of nitrogens with one attached hydrogen (secondary N) is 2. The van der Waals surface area contributed by atoms with E-state index < -0.39 is 11.8 Å². The van der Waals surface area contributed by atoms with Gasteiger partial charge in [0.15, 0.2) is 0 Å². The molecule has 1 atom stereocenters. The van der Waals surface area contributed by atoms with Crippen molar-refractivity contribution in [3.8, 4) is 0 Å². The third-order valence-corrected chi connectivity index (χ3v) is 5.70. The molecule has 152 valence electrons. The van der Waals surface area contributed by atoms with Crippen molar-refractivity contribution in [3.63, 3.8) is 0 Å². The predicted octanol–water partition coefficient (Wildman–Crippen LogP) is 2.69. The number of aliphatic hydroxyl groups is 3. The van der Waals surface area contributed by atoms with Gasteiger partial charge in [0, 0.05) is 27.4 Å². The zero-order valence-electron chi connectivity index (χ0n) is 15.6. The maximum atomic E-state index is 10.3. The van der Waals surface area contributed by atoms with E-state index in [1.54, 1.807) is 0 Å². The summed E-state index contributed by atoms with van der Waals surface area (Å²) in [4.78, 5) is 0. The maximum Gasteiger partial charge on any atom is 0.118 e. The average molecular weight is 426 g/mol. The van der Waals surface area contributed by atoms with Gasteiger partial charge in [0.05, 0.1) is 36.5 Å². The zero-order chi connectivity index (χ0) is 20.3. The Morgan fingerprint density at radius 2 is 1.54 bits per heavy atom. The molecule has 3 aromatic rings. The maximum absolute atomic E-state index is 10.3. The molecule has 0 bridgehead atoms. The van der Waals surface area contributed by atoms with Crippen molar-refractivity contribution in [1.29, 1.82) is 0 Å². The first kappa shape index (κ1) is 21.3. The SMILES string of the molecule is CCC(CO)(CO)NCC(O)NCn1c2ccc(Cl)cc2c2cc(Cl)ccc21. The van der Waals surface area contributed by atoms with Gasteiger partial charge >= 0.3 is 0 Å². The highest BCUT2D eigenvalue weighted by atomic mass is 35.5. The van der Waals surface area contributed by atoms with Crippen molar-refractivity contribution in [3.05, 3.63) is 46.4 Å². The number of halogens is 2. The van der Waals surface area contributed by atoms with E-state index >= 15 is 0 Å². The highest BCUT2D eigenvalue weighted by molar-refractivity contribution is 6.33. The van der Waals surface area contributed by atoms with Gasteiger partial charge in [-0.3, -0.25) is 5.32 Å². The summed E-state index contributed by atoms with van der Waals surface area (Å²) < 4.78 is 2.05. The molecule has 0 saturated heterocycles. The first-order valence-corrected chi connectivity index (χ1v) is 9.94. The lowest BCUT2D eigenvalue weighted by molar-refractivity contribution is 0.0606. The molecule has 0 amide bonds. The highest BCUT2D eigenvalue weighted by Crippen LogP contribution is 2.32. The van der Waals surface area contributed by atoms with Gasteiger partial charge in [-0.05, 0) is 42.8 Å². The Hall–Kier alpha value is -1.38. The van der Waals surface area contributed by atoms with Crippen LogP contribution < -0.4 is 10.6 Å². The van der Waals surface area contributed by atoms with Crippen molar-refractivity contribution < 1.29 is 15.3 Å². The average Bonchev–Trinajstić information content (AvgIpc) is 3.00. The van der Waals surface area contributed by atoms with Crippen molar-refractivity contribution in [1.82, 2.24) is 15.2 Å². The fourth-order valence-corrected chi connectivity index (χ4v) is 3.66. The van der Waals surface area contributed by atoms with Gasteiger partial charge < -0.3 is 25.2 Å². The van der Waals surface area contributed by atoms with Crippen LogP contribution in [0.25, 0.3) is 21.8 Å². The van der Waals surface area contributed by atoms with Crippen LogP contribution in [0.15, 0.2) is 36.4 Å². The van der Waals surface area contributed by atoms with E-state index in [1.165, 1.54) is 0 Å². The Balaban J connectivity index is 1.80. The molecule has 8 heteroatoms. The van der Waals surface area contributed by atoms with Gasteiger partial charge in [-0.25, -0.2) is 0 Å². The highest BCUT2D eigenvalue weighted by Gasteiger charge is 2.26. The minimum Gasteiger partial charge on any atom is -0.394 e. The standard InChI is InChI=1S/C20H25Cl2N3O3/c1-2-20(10-26,11-27)24-9-19(28)23-12-25-17-5-3-13(21)7-15(17)16-8-14(22)4-6-18(16)25/h3-8,19,23-24,26-28H,2,9-12H2,1H3. The number of benzene rings is 2. The van der Waals surface area contributed by atoms with Gasteiger partial charge in [0.2, 0.25) is 0 Å². The van der Waals surface area contributed by atoms with Gasteiger partial charge in [-0.2, -0.15) is 0 Å². The summed E-state index contributed by atoms with van der Waals surface area (Å²) in [6.07, 6.45) is -0.322. The molecule has 0 aliphatic rings. The van der Waals surface area contributed by atoms with Gasteiger partial charge in [0.25, 0.3) is 0 Å². The summed E-state index contributed by atoms with van der Waals surface area (Å²) in [6, 6.07) is 11.4. The summed E-state index contributed by atoms with van der Waals surface area (Å²) in [7, 11) is 0. The molecule has 1 heterocycles. The third-order valence-electron chi connectivity index (χ3n) is 5.23. The van der Waals surface area contributed by atoms with E-state index in [2.05, 4.69) is 10.6 Å². The molecule has 1 unspecified atom stereocenters. The summed E-state index contributed by atoms with van der Waals surface area (Å²) in [5.74, 6) is 0. The van der Waals surface area contributed by atoms with Crippen molar-refractivity contribution in [2.75, 3.05) is 19.8 Å². The molecule has 0 spiro atoms. The summed E-state index contributed by atoms with van der Waals surface area (Å²) in [6.45, 7) is 2.00. The molecule has 3 rings (SSSR count). The van der Waals surface area contributed by atoms with Crippen LogP contribution in [0.5, 0.6) is 0 Å². The smallest absolute Gasteiger partial charge is 0.118 e. The number of hydrogen-bond acceptors (Lipinski definition) is 5. The minimum absolute atomic E-state index is 0.184. The first-order chi connectivity index (χ1) is 13.4. The number of rotatable bonds is 9. The van der Waals surface area contributed by atoms with Crippen LogP contribution in [0.2, 0.25) is 10.0 Å². The molecule has 2 aromatic carbocycles. The molecule has 1 aromatic heterocycles. The van der Waals surface area contributed by atoms with Gasteiger partial charge in [-0.1, -0.05) is 30.1 Å². The number of nitrogens with zero attached hydrogens (tertiary/aromatic N) is 1. The third kappa shape index (κ3) is 4.28. The fourth-order valence-electron chi connectivity index (χ4n) is 3.31. The lowest BCUT2D eigenvalue weighted by atomic mass is 9.98. The second-order valence-electron chi connectivity index (χ2n) is 6.96. The van der Waals surface area contributed by atoms with E-state index in [0.717, 1.165) is 21.8 Å². The number of aliphatic hydroxyl groups excluding tert-OH is 3. The molecule has 0 aliphatic heterocycles. The van der Waals surface area contributed by atoms with Crippen LogP contribution in [0.3, 0.4) is 0 Å². The second kappa shape index (κ2) is 8.97. The topological polar surface area (TPSA) is 89.7 Å². The normalized spacial score (nSPS) is 13.5. The van der Waals surface area contributed by atoms with Crippen LogP contribution in [-0.4, -0.2) is 51.4 Å². The molecule has 0 radical (unpaired) electrons. The minimum atomic E-state index is -0.865. The number of aromatic nitrogens is 1. The van der Waals surface area contributed by atoms with Crippen molar-refractivity contribution >= 4 is 45.0 Å². The van der Waals surface area contributed by atoms with E-state index in [0.29, 0.717) is 23.1 Å².